The Morgan fingerprint density at radius 2 is 1.72 bits per heavy atom. The second-order valence-corrected chi connectivity index (χ2v) is 6.65. The summed E-state index contributed by atoms with van der Waals surface area (Å²) in [5.41, 5.74) is 3.50. The highest BCUT2D eigenvalue weighted by Crippen LogP contribution is 2.18. The molecular weight excluding hydrogens is 370 g/mol. The lowest BCUT2D eigenvalue weighted by molar-refractivity contribution is -0.146. The number of ether oxygens (including phenoxy) is 2. The number of hydrogen-bond acceptors (Lipinski definition) is 5. The molecule has 0 bridgehead atoms. The third-order valence-electron chi connectivity index (χ3n) is 4.25. The summed E-state index contributed by atoms with van der Waals surface area (Å²) in [5.74, 6) is 0.319. The second-order valence-electron chi connectivity index (χ2n) is 6.65. The largest absolute Gasteiger partial charge is 0.497 e. The molecule has 0 spiro atoms. The topological polar surface area (TPSA) is 82.4 Å². The van der Waals surface area contributed by atoms with Gasteiger partial charge < -0.3 is 14.8 Å². The summed E-state index contributed by atoms with van der Waals surface area (Å²) in [4.78, 5) is 24.3. The maximum Gasteiger partial charge on any atom is 0.310 e. The molecule has 29 heavy (non-hydrogen) atoms. The van der Waals surface area contributed by atoms with E-state index in [1.54, 1.807) is 42.1 Å². The number of amides is 1. The minimum absolute atomic E-state index is 0.0810. The number of benzene rings is 2. The van der Waals surface area contributed by atoms with E-state index in [9.17, 15) is 9.59 Å². The number of aromatic nitrogens is 2. The van der Waals surface area contributed by atoms with Crippen LogP contribution in [0.2, 0.25) is 0 Å². The number of rotatable bonds is 7. The molecule has 0 aliphatic carbocycles. The van der Waals surface area contributed by atoms with Gasteiger partial charge in [0.2, 0.25) is 0 Å². The Kier molecular flexibility index (Phi) is 6.29. The van der Waals surface area contributed by atoms with Crippen LogP contribution in [0.15, 0.2) is 54.6 Å². The zero-order valence-corrected chi connectivity index (χ0v) is 16.6. The molecule has 0 aliphatic rings. The first-order valence-electron chi connectivity index (χ1n) is 9.16. The third kappa shape index (κ3) is 5.44. The van der Waals surface area contributed by atoms with Gasteiger partial charge in [0.05, 0.1) is 24.9 Å². The van der Waals surface area contributed by atoms with Crippen molar-refractivity contribution >= 4 is 17.7 Å². The minimum atomic E-state index is -0.478. The summed E-state index contributed by atoms with van der Waals surface area (Å²) in [6, 6.07) is 16.6. The summed E-state index contributed by atoms with van der Waals surface area (Å²) < 4.78 is 11.8. The van der Waals surface area contributed by atoms with Crippen LogP contribution in [-0.2, 0) is 20.7 Å². The molecule has 1 aromatic heterocycles. The Bertz CT molecular complexity index is 992. The Hall–Kier alpha value is -3.61. The predicted molar refractivity (Wildman–Crippen MR) is 109 cm³/mol. The maximum absolute atomic E-state index is 12.3. The fourth-order valence-electron chi connectivity index (χ4n) is 2.76. The van der Waals surface area contributed by atoms with Crippen molar-refractivity contribution in [3.63, 3.8) is 0 Å². The second kappa shape index (κ2) is 9.05. The summed E-state index contributed by atoms with van der Waals surface area (Å²) >= 11 is 0. The highest BCUT2D eigenvalue weighted by molar-refractivity contribution is 5.92. The van der Waals surface area contributed by atoms with E-state index in [2.05, 4.69) is 10.4 Å². The first-order chi connectivity index (χ1) is 13.9. The van der Waals surface area contributed by atoms with Crippen LogP contribution in [-0.4, -0.2) is 35.4 Å². The SMILES string of the molecule is COc1ccc(CC(=O)OCC(=O)Nc2cc(C)nn2-c2ccc(C)cc2)cc1. The van der Waals surface area contributed by atoms with Gasteiger partial charge in [0.1, 0.15) is 11.6 Å². The summed E-state index contributed by atoms with van der Waals surface area (Å²) in [6.45, 7) is 3.48. The zero-order valence-electron chi connectivity index (χ0n) is 16.6. The standard InChI is InChI=1S/C22H23N3O4/c1-15-4-8-18(9-5-15)25-20(12-16(2)24-25)23-21(26)14-29-22(27)13-17-6-10-19(28-3)11-7-17/h4-12H,13-14H2,1-3H3,(H,23,26). The van der Waals surface area contributed by atoms with Crippen molar-refractivity contribution in [2.75, 3.05) is 19.0 Å². The molecule has 0 radical (unpaired) electrons. The van der Waals surface area contributed by atoms with Crippen LogP contribution in [0.25, 0.3) is 5.69 Å². The van der Waals surface area contributed by atoms with Crippen LogP contribution in [0, 0.1) is 13.8 Å². The van der Waals surface area contributed by atoms with Crippen LogP contribution in [0.1, 0.15) is 16.8 Å². The normalized spacial score (nSPS) is 10.4. The molecule has 1 heterocycles. The Balaban J connectivity index is 1.56. The number of nitrogens with zero attached hydrogens (tertiary/aromatic N) is 2. The number of esters is 1. The van der Waals surface area contributed by atoms with Gasteiger partial charge in [-0.3, -0.25) is 9.59 Å². The van der Waals surface area contributed by atoms with Gasteiger partial charge in [-0.25, -0.2) is 4.68 Å². The highest BCUT2D eigenvalue weighted by atomic mass is 16.5. The van der Waals surface area contributed by atoms with Gasteiger partial charge in [0, 0.05) is 6.07 Å². The van der Waals surface area contributed by atoms with Crippen molar-refractivity contribution in [1.29, 1.82) is 0 Å². The van der Waals surface area contributed by atoms with Gasteiger partial charge in [-0.05, 0) is 43.7 Å². The first-order valence-corrected chi connectivity index (χ1v) is 9.16. The molecule has 1 N–H and O–H groups in total. The van der Waals surface area contributed by atoms with Crippen LogP contribution in [0.5, 0.6) is 5.75 Å². The van der Waals surface area contributed by atoms with Crippen molar-refractivity contribution in [3.05, 3.63) is 71.4 Å². The van der Waals surface area contributed by atoms with Gasteiger partial charge in [0.25, 0.3) is 5.91 Å². The molecule has 0 saturated carbocycles. The number of nitrogens with one attached hydrogen (secondary N) is 1. The lowest BCUT2D eigenvalue weighted by Gasteiger charge is -2.10. The monoisotopic (exact) mass is 393 g/mol. The molecule has 0 aliphatic heterocycles. The number of carbonyl (C=O) groups is 2. The van der Waals surface area contributed by atoms with Gasteiger partial charge in [0.15, 0.2) is 6.61 Å². The number of hydrogen-bond donors (Lipinski definition) is 1. The number of methoxy groups -OCH3 is 1. The van der Waals surface area contributed by atoms with Crippen molar-refractivity contribution in [3.8, 4) is 11.4 Å². The molecular formula is C22H23N3O4. The van der Waals surface area contributed by atoms with Crippen molar-refractivity contribution in [1.82, 2.24) is 9.78 Å². The molecule has 150 valence electrons. The van der Waals surface area contributed by atoms with Crippen molar-refractivity contribution in [2.45, 2.75) is 20.3 Å². The quantitative estimate of drug-likeness (QED) is 0.623. The van der Waals surface area contributed by atoms with E-state index in [-0.39, 0.29) is 13.0 Å². The number of aryl methyl sites for hydroxylation is 2. The zero-order chi connectivity index (χ0) is 20.8. The lowest BCUT2D eigenvalue weighted by Crippen LogP contribution is -2.23. The van der Waals surface area contributed by atoms with Gasteiger partial charge in [-0.15, -0.1) is 0 Å². The number of carbonyl (C=O) groups excluding carboxylic acids is 2. The molecule has 2 aromatic carbocycles. The first kappa shape index (κ1) is 20.1. The van der Waals surface area contributed by atoms with Crippen molar-refractivity contribution < 1.29 is 19.1 Å². The smallest absolute Gasteiger partial charge is 0.310 e. The molecule has 3 aromatic rings. The average Bonchev–Trinajstić information content (AvgIpc) is 3.07. The van der Waals surface area contributed by atoms with Crippen LogP contribution >= 0.6 is 0 Å². The summed E-state index contributed by atoms with van der Waals surface area (Å²) in [7, 11) is 1.58. The van der Waals surface area contributed by atoms with Gasteiger partial charge in [-0.1, -0.05) is 29.8 Å². The summed E-state index contributed by atoms with van der Waals surface area (Å²) in [5, 5.41) is 7.16. The summed E-state index contributed by atoms with van der Waals surface area (Å²) in [6.07, 6.45) is 0.0810. The molecule has 0 fully saturated rings. The highest BCUT2D eigenvalue weighted by Gasteiger charge is 2.13. The molecule has 0 unspecified atom stereocenters. The maximum atomic E-state index is 12.3. The van der Waals surface area contributed by atoms with Crippen LogP contribution in [0.3, 0.4) is 0 Å². The Labute approximate surface area is 169 Å². The third-order valence-corrected chi connectivity index (χ3v) is 4.25. The van der Waals surface area contributed by atoms with Gasteiger partial charge >= 0.3 is 5.97 Å². The average molecular weight is 393 g/mol. The molecule has 3 rings (SSSR count). The number of anilines is 1. The van der Waals surface area contributed by atoms with E-state index in [1.807, 2.05) is 38.1 Å². The Morgan fingerprint density at radius 1 is 1.03 bits per heavy atom. The van der Waals surface area contributed by atoms with Crippen molar-refractivity contribution in [2.24, 2.45) is 0 Å². The molecule has 1 amide bonds. The van der Waals surface area contributed by atoms with Gasteiger partial charge in [-0.2, -0.15) is 5.10 Å². The molecule has 7 nitrogen and oxygen atoms in total. The van der Waals surface area contributed by atoms with E-state index >= 15 is 0 Å². The fraction of sp³-hybridized carbons (Fsp3) is 0.227. The van der Waals surface area contributed by atoms with E-state index < -0.39 is 11.9 Å². The Morgan fingerprint density at radius 3 is 2.38 bits per heavy atom. The minimum Gasteiger partial charge on any atom is -0.497 e. The molecule has 0 atom stereocenters. The van der Waals surface area contributed by atoms with E-state index in [0.29, 0.717) is 11.6 Å². The predicted octanol–water partition coefficient (Wildman–Crippen LogP) is 3.22. The van der Waals surface area contributed by atoms with Crippen LogP contribution in [0.4, 0.5) is 5.82 Å². The lowest BCUT2D eigenvalue weighted by atomic mass is 10.1. The fourth-order valence-corrected chi connectivity index (χ4v) is 2.76. The van der Waals surface area contributed by atoms with E-state index in [4.69, 9.17) is 9.47 Å². The van der Waals surface area contributed by atoms with E-state index in [0.717, 1.165) is 22.5 Å². The van der Waals surface area contributed by atoms with E-state index in [1.165, 1.54) is 0 Å². The van der Waals surface area contributed by atoms with Crippen LogP contribution < -0.4 is 10.1 Å². The molecule has 7 heteroatoms. The molecule has 0 saturated heterocycles.